The van der Waals surface area contributed by atoms with Gasteiger partial charge in [0.1, 0.15) is 11.8 Å². The summed E-state index contributed by atoms with van der Waals surface area (Å²) in [5.74, 6) is -0.333. The Morgan fingerprint density at radius 2 is 2.21 bits per heavy atom. The number of aliphatic carboxylic acids is 1. The van der Waals surface area contributed by atoms with Crippen LogP contribution in [0.3, 0.4) is 0 Å². The van der Waals surface area contributed by atoms with Gasteiger partial charge in [0, 0.05) is 6.42 Å². The van der Waals surface area contributed by atoms with E-state index in [0.29, 0.717) is 5.75 Å². The van der Waals surface area contributed by atoms with Gasteiger partial charge in [-0.25, -0.2) is 0 Å². The predicted molar refractivity (Wildman–Crippen MR) is 52.3 cm³/mol. The van der Waals surface area contributed by atoms with E-state index in [1.54, 1.807) is 13.2 Å². The normalized spacial score (nSPS) is 12.1. The number of carboxylic acid groups (broad SMARTS) is 1. The molecule has 4 nitrogen and oxygen atoms in total. The lowest BCUT2D eigenvalue weighted by atomic mass is 10.1. The molecule has 3 N–H and O–H groups in total. The molecule has 0 unspecified atom stereocenters. The molecule has 0 saturated carbocycles. The Bertz CT molecular complexity index is 325. The maximum absolute atomic E-state index is 10.5. The van der Waals surface area contributed by atoms with E-state index in [4.69, 9.17) is 15.6 Å². The van der Waals surface area contributed by atoms with Crippen LogP contribution in [0.1, 0.15) is 5.56 Å². The summed E-state index contributed by atoms with van der Waals surface area (Å²) in [5.41, 5.74) is 6.23. The summed E-state index contributed by atoms with van der Waals surface area (Å²) in [6.07, 6.45) is 0.277. The molecule has 0 heterocycles. The molecule has 1 aromatic rings. The monoisotopic (exact) mass is 195 g/mol. The number of benzene rings is 1. The van der Waals surface area contributed by atoms with Gasteiger partial charge in [0.25, 0.3) is 0 Å². The molecule has 0 spiro atoms. The van der Waals surface area contributed by atoms with Crippen molar-refractivity contribution in [3.05, 3.63) is 29.8 Å². The summed E-state index contributed by atoms with van der Waals surface area (Å²) in [6, 6.07) is 6.36. The number of carbonyl (C=O) groups is 1. The van der Waals surface area contributed by atoms with Crippen molar-refractivity contribution in [3.8, 4) is 5.75 Å². The molecule has 1 rings (SSSR count). The van der Waals surface area contributed by atoms with Crippen molar-refractivity contribution >= 4 is 5.97 Å². The summed E-state index contributed by atoms with van der Waals surface area (Å²) in [4.78, 5) is 10.5. The average molecular weight is 195 g/mol. The Morgan fingerprint density at radius 3 is 2.79 bits per heavy atom. The van der Waals surface area contributed by atoms with Crippen LogP contribution in [0.2, 0.25) is 0 Å². The molecule has 0 aromatic heterocycles. The third-order valence-electron chi connectivity index (χ3n) is 1.95. The molecular weight excluding hydrogens is 182 g/mol. The predicted octanol–water partition coefficient (Wildman–Crippen LogP) is 0.650. The standard InChI is InChI=1S/C10H13NO3/c1-14-9-5-3-2-4-7(9)6-8(11)10(12)13/h2-5,8H,6,11H2,1H3,(H,12,13)/t8-/m0/s1. The van der Waals surface area contributed by atoms with E-state index in [1.807, 2.05) is 18.2 Å². The summed E-state index contributed by atoms with van der Waals surface area (Å²) in [5, 5.41) is 8.64. The molecule has 0 aliphatic heterocycles. The van der Waals surface area contributed by atoms with Gasteiger partial charge in [-0.05, 0) is 11.6 Å². The second-order valence-corrected chi connectivity index (χ2v) is 2.96. The van der Waals surface area contributed by atoms with Crippen LogP contribution >= 0.6 is 0 Å². The molecule has 14 heavy (non-hydrogen) atoms. The minimum Gasteiger partial charge on any atom is -0.496 e. The van der Waals surface area contributed by atoms with Crippen molar-refractivity contribution in [1.82, 2.24) is 0 Å². The number of ether oxygens (including phenoxy) is 1. The number of rotatable bonds is 4. The van der Waals surface area contributed by atoms with Crippen molar-refractivity contribution in [1.29, 1.82) is 0 Å². The Labute approximate surface area is 82.3 Å². The van der Waals surface area contributed by atoms with Crippen LogP contribution in [-0.4, -0.2) is 24.2 Å². The third kappa shape index (κ3) is 2.47. The van der Waals surface area contributed by atoms with Crippen LogP contribution in [0, 0.1) is 0 Å². The fourth-order valence-electron chi connectivity index (χ4n) is 1.20. The second-order valence-electron chi connectivity index (χ2n) is 2.96. The molecule has 0 aliphatic carbocycles. The van der Waals surface area contributed by atoms with Crippen LogP contribution in [0.4, 0.5) is 0 Å². The molecular formula is C10H13NO3. The minimum atomic E-state index is -1.00. The lowest BCUT2D eigenvalue weighted by molar-refractivity contribution is -0.138. The molecule has 0 bridgehead atoms. The van der Waals surface area contributed by atoms with E-state index < -0.39 is 12.0 Å². The molecule has 0 radical (unpaired) electrons. The van der Waals surface area contributed by atoms with Gasteiger partial charge in [-0.3, -0.25) is 4.79 Å². The third-order valence-corrected chi connectivity index (χ3v) is 1.95. The lowest BCUT2D eigenvalue weighted by Crippen LogP contribution is -2.32. The minimum absolute atomic E-state index is 0.277. The van der Waals surface area contributed by atoms with Crippen LogP contribution in [-0.2, 0) is 11.2 Å². The Morgan fingerprint density at radius 1 is 1.57 bits per heavy atom. The molecule has 76 valence electrons. The first-order chi connectivity index (χ1) is 6.65. The zero-order valence-electron chi connectivity index (χ0n) is 7.93. The van der Waals surface area contributed by atoms with Gasteiger partial charge in [-0.15, -0.1) is 0 Å². The summed E-state index contributed by atoms with van der Waals surface area (Å²) in [7, 11) is 1.55. The smallest absolute Gasteiger partial charge is 0.320 e. The number of hydrogen-bond acceptors (Lipinski definition) is 3. The fraction of sp³-hybridized carbons (Fsp3) is 0.300. The summed E-state index contributed by atoms with van der Waals surface area (Å²) in [6.45, 7) is 0. The van der Waals surface area contributed by atoms with E-state index in [1.165, 1.54) is 0 Å². The molecule has 0 amide bonds. The van der Waals surface area contributed by atoms with Crippen molar-refractivity contribution in [2.24, 2.45) is 5.73 Å². The van der Waals surface area contributed by atoms with Gasteiger partial charge in [-0.2, -0.15) is 0 Å². The van der Waals surface area contributed by atoms with E-state index in [9.17, 15) is 4.79 Å². The lowest BCUT2D eigenvalue weighted by Gasteiger charge is -2.10. The number of carboxylic acids is 1. The summed E-state index contributed by atoms with van der Waals surface area (Å²) < 4.78 is 5.08. The van der Waals surface area contributed by atoms with Crippen LogP contribution in [0.15, 0.2) is 24.3 Å². The number of hydrogen-bond donors (Lipinski definition) is 2. The first-order valence-electron chi connectivity index (χ1n) is 4.25. The number of nitrogens with two attached hydrogens (primary N) is 1. The van der Waals surface area contributed by atoms with Crippen molar-refractivity contribution < 1.29 is 14.6 Å². The molecule has 1 atom stereocenters. The van der Waals surface area contributed by atoms with E-state index >= 15 is 0 Å². The highest BCUT2D eigenvalue weighted by molar-refractivity contribution is 5.73. The Balaban J connectivity index is 2.80. The number of methoxy groups -OCH3 is 1. The molecule has 1 aromatic carbocycles. The van der Waals surface area contributed by atoms with Crippen LogP contribution < -0.4 is 10.5 Å². The summed E-state index contributed by atoms with van der Waals surface area (Å²) >= 11 is 0. The van der Waals surface area contributed by atoms with Gasteiger partial charge >= 0.3 is 5.97 Å². The van der Waals surface area contributed by atoms with Gasteiger partial charge in [-0.1, -0.05) is 18.2 Å². The van der Waals surface area contributed by atoms with E-state index in [0.717, 1.165) is 5.56 Å². The van der Waals surface area contributed by atoms with Crippen molar-refractivity contribution in [2.75, 3.05) is 7.11 Å². The van der Waals surface area contributed by atoms with Gasteiger partial charge < -0.3 is 15.6 Å². The second kappa shape index (κ2) is 4.62. The highest BCUT2D eigenvalue weighted by Crippen LogP contribution is 2.18. The maximum atomic E-state index is 10.5. The quantitative estimate of drug-likeness (QED) is 0.739. The first-order valence-corrected chi connectivity index (χ1v) is 4.25. The first kappa shape index (κ1) is 10.5. The van der Waals surface area contributed by atoms with E-state index in [2.05, 4.69) is 0 Å². The highest BCUT2D eigenvalue weighted by Gasteiger charge is 2.14. The number of para-hydroxylation sites is 1. The zero-order chi connectivity index (χ0) is 10.6. The van der Waals surface area contributed by atoms with Crippen LogP contribution in [0.5, 0.6) is 5.75 Å². The molecule has 0 fully saturated rings. The SMILES string of the molecule is COc1ccccc1C[C@H](N)C(=O)O. The molecule has 4 heteroatoms. The molecule has 0 saturated heterocycles. The average Bonchev–Trinajstić information content (AvgIpc) is 2.18. The fourth-order valence-corrected chi connectivity index (χ4v) is 1.20. The zero-order valence-corrected chi connectivity index (χ0v) is 7.93. The van der Waals surface area contributed by atoms with Crippen LogP contribution in [0.25, 0.3) is 0 Å². The van der Waals surface area contributed by atoms with Gasteiger partial charge in [0.2, 0.25) is 0 Å². The van der Waals surface area contributed by atoms with Gasteiger partial charge in [0.15, 0.2) is 0 Å². The van der Waals surface area contributed by atoms with Crippen molar-refractivity contribution in [3.63, 3.8) is 0 Å². The largest absolute Gasteiger partial charge is 0.496 e. The molecule has 0 aliphatic rings. The highest BCUT2D eigenvalue weighted by atomic mass is 16.5. The Hall–Kier alpha value is -1.55. The maximum Gasteiger partial charge on any atom is 0.320 e. The van der Waals surface area contributed by atoms with Crippen molar-refractivity contribution in [2.45, 2.75) is 12.5 Å². The Kier molecular flexibility index (Phi) is 3.48. The topological polar surface area (TPSA) is 72.5 Å². The van der Waals surface area contributed by atoms with Gasteiger partial charge in [0.05, 0.1) is 7.11 Å². The van der Waals surface area contributed by atoms with E-state index in [-0.39, 0.29) is 6.42 Å².